The Labute approximate surface area is 173 Å². The molecule has 0 bridgehead atoms. The normalized spacial score (nSPS) is 16.8. The molecule has 2 aromatic rings. The highest BCUT2D eigenvalue weighted by molar-refractivity contribution is 9.10. The minimum absolute atomic E-state index is 0.0213. The molecule has 1 heterocycles. The van der Waals surface area contributed by atoms with Gasteiger partial charge in [-0.3, -0.25) is 9.59 Å². The Morgan fingerprint density at radius 3 is 2.54 bits per heavy atom. The van der Waals surface area contributed by atoms with Crippen molar-refractivity contribution < 1.29 is 14.3 Å². The molecular weight excluding hydrogens is 420 g/mol. The molecule has 1 aliphatic heterocycles. The molecule has 5 nitrogen and oxygen atoms in total. The predicted molar refractivity (Wildman–Crippen MR) is 113 cm³/mol. The largest absolute Gasteiger partial charge is 0.497 e. The molecule has 0 saturated carbocycles. The number of hydrogen-bond acceptors (Lipinski definition) is 3. The fourth-order valence-corrected chi connectivity index (χ4v) is 3.46. The van der Waals surface area contributed by atoms with Crippen molar-refractivity contribution in [3.63, 3.8) is 0 Å². The van der Waals surface area contributed by atoms with E-state index in [-0.39, 0.29) is 17.9 Å². The summed E-state index contributed by atoms with van der Waals surface area (Å²) in [5.41, 5.74) is 1.58. The molecule has 0 spiro atoms. The summed E-state index contributed by atoms with van der Waals surface area (Å²) >= 11 is 3.39. The van der Waals surface area contributed by atoms with Gasteiger partial charge in [0.15, 0.2) is 0 Å². The van der Waals surface area contributed by atoms with E-state index in [9.17, 15) is 9.59 Å². The summed E-state index contributed by atoms with van der Waals surface area (Å²) in [5.74, 6) is 0.552. The topological polar surface area (TPSA) is 58.6 Å². The van der Waals surface area contributed by atoms with E-state index in [4.69, 9.17) is 4.74 Å². The van der Waals surface area contributed by atoms with Crippen LogP contribution < -0.4 is 10.1 Å². The maximum absolute atomic E-state index is 12.7. The van der Waals surface area contributed by atoms with Crippen molar-refractivity contribution in [2.24, 2.45) is 0 Å². The Bertz CT molecular complexity index is 847. The van der Waals surface area contributed by atoms with Crippen molar-refractivity contribution in [3.05, 3.63) is 70.2 Å². The van der Waals surface area contributed by atoms with Crippen LogP contribution in [0.2, 0.25) is 0 Å². The van der Waals surface area contributed by atoms with E-state index in [1.54, 1.807) is 42.4 Å². The molecule has 1 saturated heterocycles. The van der Waals surface area contributed by atoms with Crippen molar-refractivity contribution >= 4 is 33.8 Å². The predicted octanol–water partition coefficient (Wildman–Crippen LogP) is 3.89. The highest BCUT2D eigenvalue weighted by Crippen LogP contribution is 2.17. The van der Waals surface area contributed by atoms with Crippen LogP contribution in [-0.2, 0) is 4.79 Å². The number of hydrogen-bond donors (Lipinski definition) is 1. The standard InChI is InChI=1S/C22H23BrN2O3/c1-28-20-11-7-17(8-12-20)22(27)25-14-2-3-19(15-25)24-21(26)13-6-16-4-9-18(23)10-5-16/h4-13,19H,2-3,14-15H2,1H3,(H,24,26)/b13-6+. The van der Waals surface area contributed by atoms with Crippen LogP contribution in [0.15, 0.2) is 59.1 Å². The second-order valence-electron chi connectivity index (χ2n) is 6.71. The van der Waals surface area contributed by atoms with Gasteiger partial charge in [0.2, 0.25) is 5.91 Å². The molecule has 0 aromatic heterocycles. The Balaban J connectivity index is 1.55. The van der Waals surface area contributed by atoms with Crippen molar-refractivity contribution in [1.29, 1.82) is 0 Å². The van der Waals surface area contributed by atoms with Crippen LogP contribution in [0.1, 0.15) is 28.8 Å². The highest BCUT2D eigenvalue weighted by atomic mass is 79.9. The van der Waals surface area contributed by atoms with Crippen LogP contribution in [0.3, 0.4) is 0 Å². The average Bonchev–Trinajstić information content (AvgIpc) is 2.73. The summed E-state index contributed by atoms with van der Waals surface area (Å²) in [6.07, 6.45) is 5.05. The number of rotatable bonds is 5. The number of nitrogens with zero attached hydrogens (tertiary/aromatic N) is 1. The van der Waals surface area contributed by atoms with Gasteiger partial charge in [0.05, 0.1) is 7.11 Å². The van der Waals surface area contributed by atoms with Gasteiger partial charge in [0.1, 0.15) is 5.75 Å². The lowest BCUT2D eigenvalue weighted by molar-refractivity contribution is -0.117. The lowest BCUT2D eigenvalue weighted by Gasteiger charge is -2.33. The summed E-state index contributed by atoms with van der Waals surface area (Å²) in [6.45, 7) is 1.22. The maximum atomic E-state index is 12.7. The molecule has 146 valence electrons. The van der Waals surface area contributed by atoms with Gasteiger partial charge in [0.25, 0.3) is 5.91 Å². The monoisotopic (exact) mass is 442 g/mol. The molecule has 1 unspecified atom stereocenters. The van der Waals surface area contributed by atoms with Gasteiger partial charge >= 0.3 is 0 Å². The van der Waals surface area contributed by atoms with Crippen LogP contribution >= 0.6 is 15.9 Å². The first-order valence-corrected chi connectivity index (χ1v) is 10.0. The van der Waals surface area contributed by atoms with E-state index in [0.717, 1.165) is 28.6 Å². The molecular formula is C22H23BrN2O3. The summed E-state index contributed by atoms with van der Waals surface area (Å²) < 4.78 is 6.13. The number of carbonyl (C=O) groups excluding carboxylic acids is 2. The molecule has 6 heteroatoms. The van der Waals surface area contributed by atoms with Gasteiger partial charge in [-0.05, 0) is 60.9 Å². The van der Waals surface area contributed by atoms with Crippen molar-refractivity contribution in [3.8, 4) is 5.75 Å². The lowest BCUT2D eigenvalue weighted by atomic mass is 10.0. The molecule has 1 fully saturated rings. The van der Waals surface area contributed by atoms with Crippen molar-refractivity contribution in [1.82, 2.24) is 10.2 Å². The number of benzene rings is 2. The molecule has 0 aliphatic carbocycles. The van der Waals surface area contributed by atoms with Gasteiger partial charge in [-0.25, -0.2) is 0 Å². The van der Waals surface area contributed by atoms with Crippen LogP contribution in [-0.4, -0.2) is 43.0 Å². The van der Waals surface area contributed by atoms with E-state index in [1.807, 2.05) is 24.3 Å². The fourth-order valence-electron chi connectivity index (χ4n) is 3.19. The third-order valence-electron chi connectivity index (χ3n) is 4.69. The van der Waals surface area contributed by atoms with E-state index < -0.39 is 0 Å². The highest BCUT2D eigenvalue weighted by Gasteiger charge is 2.25. The third-order valence-corrected chi connectivity index (χ3v) is 5.22. The molecule has 1 aliphatic rings. The first-order valence-electron chi connectivity index (χ1n) is 9.22. The van der Waals surface area contributed by atoms with Crippen molar-refractivity contribution in [2.75, 3.05) is 20.2 Å². The minimum atomic E-state index is -0.147. The molecule has 1 atom stereocenters. The van der Waals surface area contributed by atoms with E-state index in [2.05, 4.69) is 21.2 Å². The van der Waals surface area contributed by atoms with Crippen molar-refractivity contribution in [2.45, 2.75) is 18.9 Å². The zero-order valence-corrected chi connectivity index (χ0v) is 17.3. The van der Waals surface area contributed by atoms with Crippen LogP contribution in [0, 0.1) is 0 Å². The van der Waals surface area contributed by atoms with Crippen LogP contribution in [0.5, 0.6) is 5.75 Å². The fraction of sp³-hybridized carbons (Fsp3) is 0.273. The van der Waals surface area contributed by atoms with Gasteiger partial charge in [-0.2, -0.15) is 0 Å². The first-order chi connectivity index (χ1) is 13.5. The zero-order valence-electron chi connectivity index (χ0n) is 15.7. The number of amides is 2. The quantitative estimate of drug-likeness (QED) is 0.714. The number of methoxy groups -OCH3 is 1. The Kier molecular flexibility index (Phi) is 6.87. The second-order valence-corrected chi connectivity index (χ2v) is 7.63. The maximum Gasteiger partial charge on any atom is 0.253 e. The number of likely N-dealkylation sites (tertiary alicyclic amines) is 1. The SMILES string of the molecule is COc1ccc(C(=O)N2CCCC(NC(=O)/C=C/c3ccc(Br)cc3)C2)cc1. The number of halogens is 1. The third kappa shape index (κ3) is 5.45. The zero-order chi connectivity index (χ0) is 19.9. The van der Waals surface area contributed by atoms with Crippen LogP contribution in [0.4, 0.5) is 0 Å². The Hall–Kier alpha value is -2.60. The molecule has 28 heavy (non-hydrogen) atoms. The Morgan fingerprint density at radius 1 is 1.14 bits per heavy atom. The first kappa shape index (κ1) is 20.1. The second kappa shape index (κ2) is 9.55. The van der Waals surface area contributed by atoms with E-state index in [0.29, 0.717) is 18.7 Å². The average molecular weight is 443 g/mol. The summed E-state index contributed by atoms with van der Waals surface area (Å²) in [4.78, 5) is 26.8. The number of piperidine rings is 1. The molecule has 0 radical (unpaired) electrons. The summed E-state index contributed by atoms with van der Waals surface area (Å²) in [5, 5.41) is 3.01. The molecule has 3 rings (SSSR count). The lowest BCUT2D eigenvalue weighted by Crippen LogP contribution is -2.49. The molecule has 2 amide bonds. The van der Waals surface area contributed by atoms with Gasteiger partial charge in [0, 0.05) is 35.2 Å². The number of carbonyl (C=O) groups is 2. The number of ether oxygens (including phenoxy) is 1. The minimum Gasteiger partial charge on any atom is -0.497 e. The van der Waals surface area contributed by atoms with E-state index >= 15 is 0 Å². The summed E-state index contributed by atoms with van der Waals surface area (Å²) in [6, 6.07) is 14.8. The molecule has 2 aromatic carbocycles. The van der Waals surface area contributed by atoms with Gasteiger partial charge < -0.3 is 15.0 Å². The summed E-state index contributed by atoms with van der Waals surface area (Å²) in [7, 11) is 1.60. The van der Waals surface area contributed by atoms with Gasteiger partial charge in [-0.1, -0.05) is 28.1 Å². The van der Waals surface area contributed by atoms with Gasteiger partial charge in [-0.15, -0.1) is 0 Å². The Morgan fingerprint density at radius 2 is 1.86 bits per heavy atom. The van der Waals surface area contributed by atoms with E-state index in [1.165, 1.54) is 6.08 Å². The van der Waals surface area contributed by atoms with Crippen LogP contribution in [0.25, 0.3) is 6.08 Å². The smallest absolute Gasteiger partial charge is 0.253 e. The molecule has 1 N–H and O–H groups in total. The number of nitrogens with one attached hydrogen (secondary N) is 1.